The number of rotatable bonds is 12. The molecule has 3 atom stereocenters. The molecule has 0 aromatic carbocycles. The second-order valence-electron chi connectivity index (χ2n) is 8.90. The molecule has 146 valence electrons. The maximum absolute atomic E-state index is 12.2. The van der Waals surface area contributed by atoms with E-state index in [-0.39, 0.29) is 23.3 Å². The molecule has 2 fully saturated rings. The van der Waals surface area contributed by atoms with Crippen LogP contribution in [0.25, 0.3) is 0 Å². The summed E-state index contributed by atoms with van der Waals surface area (Å²) >= 11 is 0. The monoisotopic (exact) mass is 352 g/mol. The van der Waals surface area contributed by atoms with Crippen molar-refractivity contribution in [3.05, 3.63) is 0 Å². The van der Waals surface area contributed by atoms with Gasteiger partial charge in [0, 0.05) is 12.8 Å². The molecule has 0 radical (unpaired) electrons. The van der Waals surface area contributed by atoms with Gasteiger partial charge in [-0.25, -0.2) is 0 Å². The number of ether oxygens (including phenoxy) is 2. The fraction of sp³-hybridized carbons (Fsp3) is 0.955. The molecular weight excluding hydrogens is 312 g/mol. The summed E-state index contributed by atoms with van der Waals surface area (Å²) < 4.78 is 12.2. The summed E-state index contributed by atoms with van der Waals surface area (Å²) in [6, 6.07) is 0. The van der Waals surface area contributed by atoms with Crippen molar-refractivity contribution >= 4 is 5.97 Å². The Balaban J connectivity index is 1.57. The zero-order chi connectivity index (χ0) is 18.3. The average molecular weight is 353 g/mol. The second kappa shape index (κ2) is 9.39. The third kappa shape index (κ3) is 5.45. The molecule has 2 bridgehead atoms. The highest BCUT2D eigenvalue weighted by Gasteiger charge is 2.61. The van der Waals surface area contributed by atoms with E-state index >= 15 is 0 Å². The van der Waals surface area contributed by atoms with Gasteiger partial charge in [-0.05, 0) is 32.1 Å². The summed E-state index contributed by atoms with van der Waals surface area (Å²) in [4.78, 5) is 12.2. The fourth-order valence-electron chi connectivity index (χ4n) is 4.53. The van der Waals surface area contributed by atoms with E-state index in [1.54, 1.807) is 0 Å². The predicted octanol–water partition coefficient (Wildman–Crippen LogP) is 6.19. The number of carbonyl (C=O) groups is 1. The topological polar surface area (TPSA) is 35.5 Å². The van der Waals surface area contributed by atoms with E-state index in [1.807, 2.05) is 0 Å². The van der Waals surface area contributed by atoms with Gasteiger partial charge in [-0.1, -0.05) is 72.1 Å². The van der Waals surface area contributed by atoms with E-state index in [1.165, 1.54) is 44.9 Å². The highest BCUT2D eigenvalue weighted by molar-refractivity contribution is 5.69. The first kappa shape index (κ1) is 20.7. The zero-order valence-corrected chi connectivity index (χ0v) is 17.1. The van der Waals surface area contributed by atoms with E-state index in [9.17, 15) is 4.79 Å². The van der Waals surface area contributed by atoms with Crippen LogP contribution in [0.5, 0.6) is 0 Å². The number of esters is 1. The number of hydrogen-bond donors (Lipinski definition) is 0. The minimum Gasteiger partial charge on any atom is -0.459 e. The smallest absolute Gasteiger partial charge is 0.306 e. The Morgan fingerprint density at radius 1 is 1.04 bits per heavy atom. The second-order valence-corrected chi connectivity index (χ2v) is 8.90. The summed E-state index contributed by atoms with van der Waals surface area (Å²) in [7, 11) is 0. The van der Waals surface area contributed by atoms with Gasteiger partial charge >= 0.3 is 5.97 Å². The van der Waals surface area contributed by atoms with Crippen molar-refractivity contribution in [3.8, 4) is 0 Å². The van der Waals surface area contributed by atoms with Crippen LogP contribution in [0, 0.1) is 5.92 Å². The van der Waals surface area contributed by atoms with E-state index in [0.717, 1.165) is 32.1 Å². The summed E-state index contributed by atoms with van der Waals surface area (Å²) in [5, 5.41) is 0. The molecule has 0 aliphatic carbocycles. The fourth-order valence-corrected chi connectivity index (χ4v) is 4.53. The third-order valence-electron chi connectivity index (χ3n) is 6.50. The molecule has 2 heterocycles. The summed E-state index contributed by atoms with van der Waals surface area (Å²) in [5.41, 5.74) is -0.310. The van der Waals surface area contributed by atoms with E-state index in [0.29, 0.717) is 12.3 Å². The number of fused-ring (bicyclic) bond motifs is 2. The van der Waals surface area contributed by atoms with Gasteiger partial charge in [-0.3, -0.25) is 4.79 Å². The summed E-state index contributed by atoms with van der Waals surface area (Å²) in [5.74, 6) is 0.458. The molecule has 0 aromatic heterocycles. The van der Waals surface area contributed by atoms with Gasteiger partial charge in [0.1, 0.15) is 11.7 Å². The molecule has 0 spiro atoms. The minimum absolute atomic E-state index is 0.0239. The predicted molar refractivity (Wildman–Crippen MR) is 103 cm³/mol. The van der Waals surface area contributed by atoms with Crippen molar-refractivity contribution in [1.82, 2.24) is 0 Å². The number of carbonyl (C=O) groups excluding carboxylic acids is 1. The first-order valence-corrected chi connectivity index (χ1v) is 10.8. The standard InChI is InChI=1S/C22H40O3/c1-5-6-7-8-9-10-11-12-13-14-20(23)24-19-17-22(18(2)3)16-15-21(19,4)25-22/h18-19H,5-17H2,1-4H3/t19-,21+,22-/m0/s1. The molecular formula is C22H40O3. The van der Waals surface area contributed by atoms with E-state index in [2.05, 4.69) is 27.7 Å². The Bertz CT molecular complexity index is 419. The van der Waals surface area contributed by atoms with Crippen LogP contribution in [0.1, 0.15) is 111 Å². The summed E-state index contributed by atoms with van der Waals surface area (Å²) in [6.07, 6.45) is 15.0. The molecule has 0 saturated carbocycles. The lowest BCUT2D eigenvalue weighted by molar-refractivity contribution is -0.157. The van der Waals surface area contributed by atoms with Crippen LogP contribution in [0.15, 0.2) is 0 Å². The SMILES string of the molecule is CCCCCCCCCCCC(=O)O[C@H]1C[C@]2(C(C)C)CC[C@@]1(C)O2. The Kier molecular flexibility index (Phi) is 7.79. The Morgan fingerprint density at radius 2 is 1.64 bits per heavy atom. The van der Waals surface area contributed by atoms with Crippen molar-refractivity contribution in [1.29, 1.82) is 0 Å². The van der Waals surface area contributed by atoms with Gasteiger partial charge in [-0.15, -0.1) is 0 Å². The van der Waals surface area contributed by atoms with Crippen molar-refractivity contribution in [2.45, 2.75) is 128 Å². The zero-order valence-electron chi connectivity index (χ0n) is 17.1. The van der Waals surface area contributed by atoms with Crippen molar-refractivity contribution in [2.24, 2.45) is 5.92 Å². The lowest BCUT2D eigenvalue weighted by Gasteiger charge is -2.31. The quantitative estimate of drug-likeness (QED) is 0.310. The molecule has 2 aliphatic heterocycles. The van der Waals surface area contributed by atoms with Crippen molar-refractivity contribution in [3.63, 3.8) is 0 Å². The van der Waals surface area contributed by atoms with Crippen LogP contribution in [0.4, 0.5) is 0 Å². The third-order valence-corrected chi connectivity index (χ3v) is 6.50. The largest absolute Gasteiger partial charge is 0.459 e. The van der Waals surface area contributed by atoms with Crippen molar-refractivity contribution < 1.29 is 14.3 Å². The van der Waals surface area contributed by atoms with Gasteiger partial charge in [-0.2, -0.15) is 0 Å². The molecule has 0 aromatic rings. The summed E-state index contributed by atoms with van der Waals surface area (Å²) in [6.45, 7) is 8.82. The molecule has 0 amide bonds. The Morgan fingerprint density at radius 3 is 2.20 bits per heavy atom. The van der Waals surface area contributed by atoms with Crippen LogP contribution in [0.3, 0.4) is 0 Å². The van der Waals surface area contributed by atoms with Crippen LogP contribution in [-0.2, 0) is 14.3 Å². The van der Waals surface area contributed by atoms with E-state index in [4.69, 9.17) is 9.47 Å². The number of hydrogen-bond acceptors (Lipinski definition) is 3. The molecule has 2 aliphatic rings. The van der Waals surface area contributed by atoms with Gasteiger partial charge in [0.05, 0.1) is 5.60 Å². The maximum Gasteiger partial charge on any atom is 0.306 e. The average Bonchev–Trinajstić information content (AvgIpc) is 3.05. The van der Waals surface area contributed by atoms with Crippen LogP contribution in [0.2, 0.25) is 0 Å². The van der Waals surface area contributed by atoms with Gasteiger partial charge in [0.2, 0.25) is 0 Å². The van der Waals surface area contributed by atoms with Gasteiger partial charge < -0.3 is 9.47 Å². The molecule has 2 rings (SSSR count). The van der Waals surface area contributed by atoms with Gasteiger partial charge in [0.25, 0.3) is 0 Å². The molecule has 3 nitrogen and oxygen atoms in total. The molecule has 3 heteroatoms. The van der Waals surface area contributed by atoms with Crippen LogP contribution >= 0.6 is 0 Å². The Hall–Kier alpha value is -0.570. The minimum atomic E-state index is -0.252. The lowest BCUT2D eigenvalue weighted by Crippen LogP contribution is -2.39. The highest BCUT2D eigenvalue weighted by Crippen LogP contribution is 2.55. The Labute approximate surface area is 155 Å². The highest BCUT2D eigenvalue weighted by atomic mass is 16.6. The van der Waals surface area contributed by atoms with E-state index < -0.39 is 0 Å². The maximum atomic E-state index is 12.2. The molecule has 0 N–H and O–H groups in total. The van der Waals surface area contributed by atoms with Gasteiger partial charge in [0.15, 0.2) is 0 Å². The molecule has 0 unspecified atom stereocenters. The molecule has 25 heavy (non-hydrogen) atoms. The number of unbranched alkanes of at least 4 members (excludes halogenated alkanes) is 8. The van der Waals surface area contributed by atoms with Crippen LogP contribution in [-0.4, -0.2) is 23.3 Å². The molecule has 2 saturated heterocycles. The van der Waals surface area contributed by atoms with Crippen LogP contribution < -0.4 is 0 Å². The van der Waals surface area contributed by atoms with Crippen molar-refractivity contribution in [2.75, 3.05) is 0 Å². The normalized spacial score (nSPS) is 31.0. The first-order valence-electron chi connectivity index (χ1n) is 10.8. The first-order chi connectivity index (χ1) is 11.9. The lowest BCUT2D eigenvalue weighted by atomic mass is 9.75.